The number of amides is 1. The standard InChI is InChI=1S/C17H18N2O2S/c1-12(2)21-15-10-8-14(9-11-15)18-17(22)19-16(20)13-6-4-3-5-7-13/h3-12H,1-2H3,(H2,18,19,20,22). The summed E-state index contributed by atoms with van der Waals surface area (Å²) in [7, 11) is 0. The molecule has 114 valence electrons. The van der Waals surface area contributed by atoms with Gasteiger partial charge in [0, 0.05) is 11.3 Å². The van der Waals surface area contributed by atoms with E-state index in [1.807, 2.05) is 44.2 Å². The second-order valence-corrected chi connectivity index (χ2v) is 5.37. The van der Waals surface area contributed by atoms with Gasteiger partial charge in [-0.3, -0.25) is 10.1 Å². The molecular weight excluding hydrogens is 296 g/mol. The van der Waals surface area contributed by atoms with Crippen LogP contribution < -0.4 is 15.4 Å². The molecule has 0 atom stereocenters. The molecule has 2 aromatic rings. The lowest BCUT2D eigenvalue weighted by Crippen LogP contribution is -2.34. The molecule has 0 aliphatic heterocycles. The van der Waals surface area contributed by atoms with Gasteiger partial charge in [-0.15, -0.1) is 0 Å². The van der Waals surface area contributed by atoms with Crippen LogP contribution in [0.5, 0.6) is 5.75 Å². The minimum Gasteiger partial charge on any atom is -0.491 e. The first-order chi connectivity index (χ1) is 10.5. The highest BCUT2D eigenvalue weighted by molar-refractivity contribution is 7.80. The topological polar surface area (TPSA) is 50.4 Å². The normalized spacial score (nSPS) is 10.1. The van der Waals surface area contributed by atoms with Crippen LogP contribution in [-0.4, -0.2) is 17.1 Å². The summed E-state index contributed by atoms with van der Waals surface area (Å²) in [5, 5.41) is 5.86. The Hall–Kier alpha value is -2.40. The molecule has 5 heteroatoms. The molecule has 0 aliphatic rings. The van der Waals surface area contributed by atoms with Crippen LogP contribution in [0.25, 0.3) is 0 Å². The number of benzene rings is 2. The first-order valence-electron chi connectivity index (χ1n) is 6.98. The van der Waals surface area contributed by atoms with Crippen molar-refractivity contribution in [2.75, 3.05) is 5.32 Å². The summed E-state index contributed by atoms with van der Waals surface area (Å²) >= 11 is 5.14. The van der Waals surface area contributed by atoms with Crippen molar-refractivity contribution in [1.82, 2.24) is 5.32 Å². The van der Waals surface area contributed by atoms with E-state index < -0.39 is 0 Å². The van der Waals surface area contributed by atoms with E-state index in [1.165, 1.54) is 0 Å². The van der Waals surface area contributed by atoms with Gasteiger partial charge in [-0.2, -0.15) is 0 Å². The van der Waals surface area contributed by atoms with Gasteiger partial charge in [0.05, 0.1) is 6.10 Å². The molecule has 0 bridgehead atoms. The zero-order valence-corrected chi connectivity index (χ0v) is 13.3. The van der Waals surface area contributed by atoms with Crippen LogP contribution in [0.2, 0.25) is 0 Å². The maximum Gasteiger partial charge on any atom is 0.257 e. The molecule has 0 fully saturated rings. The highest BCUT2D eigenvalue weighted by Crippen LogP contribution is 2.16. The Kier molecular flexibility index (Phi) is 5.49. The summed E-state index contributed by atoms with van der Waals surface area (Å²) in [6, 6.07) is 16.3. The van der Waals surface area contributed by atoms with Crippen molar-refractivity contribution in [2.45, 2.75) is 20.0 Å². The fraction of sp³-hybridized carbons (Fsp3) is 0.176. The molecule has 0 saturated carbocycles. The van der Waals surface area contributed by atoms with Gasteiger partial charge in [0.1, 0.15) is 5.75 Å². The smallest absolute Gasteiger partial charge is 0.257 e. The number of hydrogen-bond acceptors (Lipinski definition) is 3. The third-order valence-electron chi connectivity index (χ3n) is 2.75. The Morgan fingerprint density at radius 2 is 1.68 bits per heavy atom. The average Bonchev–Trinajstić information content (AvgIpc) is 2.49. The van der Waals surface area contributed by atoms with E-state index in [-0.39, 0.29) is 17.1 Å². The van der Waals surface area contributed by atoms with Gasteiger partial charge in [-0.25, -0.2) is 0 Å². The molecule has 0 aromatic heterocycles. The fourth-order valence-corrected chi connectivity index (χ4v) is 2.03. The minimum absolute atomic E-state index is 0.130. The highest BCUT2D eigenvalue weighted by atomic mass is 32.1. The van der Waals surface area contributed by atoms with Crippen molar-refractivity contribution in [1.29, 1.82) is 0 Å². The van der Waals surface area contributed by atoms with Gasteiger partial charge in [-0.1, -0.05) is 18.2 Å². The predicted octanol–water partition coefficient (Wildman–Crippen LogP) is 3.60. The summed E-state index contributed by atoms with van der Waals surface area (Å²) in [5.74, 6) is 0.553. The molecule has 1 amide bonds. The van der Waals surface area contributed by atoms with E-state index in [4.69, 9.17) is 17.0 Å². The van der Waals surface area contributed by atoms with E-state index in [1.54, 1.807) is 24.3 Å². The Labute approximate surface area is 135 Å². The van der Waals surface area contributed by atoms with Crippen molar-refractivity contribution in [3.05, 3.63) is 60.2 Å². The van der Waals surface area contributed by atoms with Crippen LogP contribution in [0.1, 0.15) is 24.2 Å². The van der Waals surface area contributed by atoms with E-state index >= 15 is 0 Å². The van der Waals surface area contributed by atoms with Gasteiger partial charge >= 0.3 is 0 Å². The van der Waals surface area contributed by atoms with Crippen molar-refractivity contribution < 1.29 is 9.53 Å². The molecule has 0 spiro atoms. The van der Waals surface area contributed by atoms with Gasteiger partial charge in [0.15, 0.2) is 5.11 Å². The van der Waals surface area contributed by atoms with Crippen LogP contribution in [0.4, 0.5) is 5.69 Å². The minimum atomic E-state index is -0.238. The SMILES string of the molecule is CC(C)Oc1ccc(NC(=S)NC(=O)c2ccccc2)cc1. The molecular formula is C17H18N2O2S. The Balaban J connectivity index is 1.90. The molecule has 0 saturated heterocycles. The van der Waals surface area contributed by atoms with Crippen LogP contribution in [-0.2, 0) is 0 Å². The first kappa shape index (κ1) is 16.0. The molecule has 2 N–H and O–H groups in total. The first-order valence-corrected chi connectivity index (χ1v) is 7.39. The summed E-state index contributed by atoms with van der Waals surface area (Å²) < 4.78 is 5.57. The van der Waals surface area contributed by atoms with E-state index in [9.17, 15) is 4.79 Å². The second kappa shape index (κ2) is 7.56. The quantitative estimate of drug-likeness (QED) is 0.847. The van der Waals surface area contributed by atoms with Gasteiger partial charge in [0.2, 0.25) is 0 Å². The number of rotatable bonds is 4. The second-order valence-electron chi connectivity index (χ2n) is 4.97. The molecule has 22 heavy (non-hydrogen) atoms. The van der Waals surface area contributed by atoms with Crippen LogP contribution in [0.15, 0.2) is 54.6 Å². The fourth-order valence-electron chi connectivity index (χ4n) is 1.82. The summed E-state index contributed by atoms with van der Waals surface area (Å²) in [6.07, 6.45) is 0.130. The van der Waals surface area contributed by atoms with Crippen LogP contribution in [0.3, 0.4) is 0 Å². The molecule has 0 heterocycles. The molecule has 2 rings (SSSR count). The number of nitrogens with one attached hydrogen (secondary N) is 2. The number of ether oxygens (including phenoxy) is 1. The summed E-state index contributed by atoms with van der Waals surface area (Å²) in [5.41, 5.74) is 1.35. The zero-order valence-electron chi connectivity index (χ0n) is 12.5. The number of thiocarbonyl (C=S) groups is 1. The number of carbonyl (C=O) groups excluding carboxylic acids is 1. The zero-order chi connectivity index (χ0) is 15.9. The van der Waals surface area contributed by atoms with E-state index in [0.717, 1.165) is 11.4 Å². The molecule has 0 radical (unpaired) electrons. The maximum absolute atomic E-state index is 12.0. The van der Waals surface area contributed by atoms with E-state index in [0.29, 0.717) is 5.56 Å². The van der Waals surface area contributed by atoms with Crippen LogP contribution in [0, 0.1) is 0 Å². The molecule has 0 unspecified atom stereocenters. The molecule has 4 nitrogen and oxygen atoms in total. The monoisotopic (exact) mass is 314 g/mol. The predicted molar refractivity (Wildman–Crippen MR) is 92.3 cm³/mol. The third kappa shape index (κ3) is 4.86. The lowest BCUT2D eigenvalue weighted by Gasteiger charge is -2.12. The number of anilines is 1. The number of hydrogen-bond donors (Lipinski definition) is 2. The Morgan fingerprint density at radius 3 is 2.27 bits per heavy atom. The van der Waals surface area contributed by atoms with Crippen molar-refractivity contribution in [3.63, 3.8) is 0 Å². The van der Waals surface area contributed by atoms with Crippen LogP contribution >= 0.6 is 12.2 Å². The van der Waals surface area contributed by atoms with Crippen molar-refractivity contribution >= 4 is 28.9 Å². The Morgan fingerprint density at radius 1 is 1.05 bits per heavy atom. The van der Waals surface area contributed by atoms with Crippen molar-refractivity contribution in [2.24, 2.45) is 0 Å². The number of carbonyl (C=O) groups is 1. The maximum atomic E-state index is 12.0. The van der Waals surface area contributed by atoms with Gasteiger partial charge in [-0.05, 0) is 62.5 Å². The Bertz CT molecular complexity index is 639. The lowest BCUT2D eigenvalue weighted by molar-refractivity contribution is 0.0977. The lowest BCUT2D eigenvalue weighted by atomic mass is 10.2. The summed E-state index contributed by atoms with van der Waals surface area (Å²) in [6.45, 7) is 3.95. The average molecular weight is 314 g/mol. The summed E-state index contributed by atoms with van der Waals surface area (Å²) in [4.78, 5) is 12.0. The van der Waals surface area contributed by atoms with Gasteiger partial charge < -0.3 is 10.1 Å². The molecule has 2 aromatic carbocycles. The van der Waals surface area contributed by atoms with Gasteiger partial charge in [0.25, 0.3) is 5.91 Å². The molecule has 0 aliphatic carbocycles. The largest absolute Gasteiger partial charge is 0.491 e. The van der Waals surface area contributed by atoms with E-state index in [2.05, 4.69) is 10.6 Å². The van der Waals surface area contributed by atoms with Crippen molar-refractivity contribution in [3.8, 4) is 5.75 Å². The highest BCUT2D eigenvalue weighted by Gasteiger charge is 2.07. The third-order valence-corrected chi connectivity index (χ3v) is 2.95.